The molecule has 0 aromatic heterocycles. The van der Waals surface area contributed by atoms with Crippen LogP contribution in [0.5, 0.6) is 0 Å². The smallest absolute Gasteiger partial charge is 0.178 e. The summed E-state index contributed by atoms with van der Waals surface area (Å²) in [5.74, 6) is -0.0439. The van der Waals surface area contributed by atoms with Crippen molar-refractivity contribution in [3.05, 3.63) is 29.8 Å². The molecule has 0 bridgehead atoms. The molecule has 2 rings (SSSR count). The molecule has 82 valence electrons. The van der Waals surface area contributed by atoms with E-state index in [2.05, 4.69) is 0 Å². The molecule has 0 spiro atoms. The second-order valence-electron chi connectivity index (χ2n) is 3.80. The van der Waals surface area contributed by atoms with Gasteiger partial charge in [-0.15, -0.1) is 0 Å². The predicted molar refractivity (Wildman–Crippen MR) is 56.1 cm³/mol. The predicted octanol–water partition coefficient (Wildman–Crippen LogP) is 0.0103. The third kappa shape index (κ3) is 1.56. The molecule has 0 radical (unpaired) electrons. The van der Waals surface area contributed by atoms with Crippen LogP contribution in [0.1, 0.15) is 12.0 Å². The highest BCUT2D eigenvalue weighted by atomic mass is 32.2. The molecule has 3 N–H and O–H groups in total. The van der Waals surface area contributed by atoms with Gasteiger partial charge < -0.3 is 10.8 Å². The maximum absolute atomic E-state index is 11.7. The zero-order valence-electron chi connectivity index (χ0n) is 8.18. The minimum absolute atomic E-state index is 0.0412. The highest BCUT2D eigenvalue weighted by Crippen LogP contribution is 2.35. The van der Waals surface area contributed by atoms with Crippen LogP contribution in [0.4, 0.5) is 0 Å². The van der Waals surface area contributed by atoms with Crippen molar-refractivity contribution in [1.82, 2.24) is 0 Å². The Hall–Kier alpha value is -0.910. The average Bonchev–Trinajstić information content (AvgIpc) is 2.25. The van der Waals surface area contributed by atoms with Crippen molar-refractivity contribution in [3.63, 3.8) is 0 Å². The van der Waals surface area contributed by atoms with E-state index in [1.807, 2.05) is 0 Å². The number of hydrogen-bond acceptors (Lipinski definition) is 4. The quantitative estimate of drug-likeness (QED) is 0.708. The number of aliphatic hydroxyl groups is 1. The normalized spacial score (nSPS) is 28.4. The van der Waals surface area contributed by atoms with Crippen LogP contribution in [0.2, 0.25) is 0 Å². The molecule has 1 unspecified atom stereocenters. The van der Waals surface area contributed by atoms with Crippen LogP contribution >= 0.6 is 0 Å². The third-order valence-electron chi connectivity index (χ3n) is 2.85. The maximum Gasteiger partial charge on any atom is 0.178 e. The first-order chi connectivity index (χ1) is 6.99. The summed E-state index contributed by atoms with van der Waals surface area (Å²) in [7, 11) is -3.24. The Kier molecular flexibility index (Phi) is 2.33. The Morgan fingerprint density at radius 2 is 2.07 bits per heavy atom. The summed E-state index contributed by atoms with van der Waals surface area (Å²) in [6.07, 6.45) is 0.169. The minimum atomic E-state index is -3.24. The van der Waals surface area contributed by atoms with E-state index in [0.29, 0.717) is 5.56 Å². The van der Waals surface area contributed by atoms with Gasteiger partial charge in [-0.3, -0.25) is 0 Å². The van der Waals surface area contributed by atoms with E-state index in [-0.39, 0.29) is 23.6 Å². The van der Waals surface area contributed by atoms with Crippen molar-refractivity contribution in [2.45, 2.75) is 16.9 Å². The second-order valence-corrected chi connectivity index (χ2v) is 5.88. The van der Waals surface area contributed by atoms with Gasteiger partial charge in [0.2, 0.25) is 0 Å². The van der Waals surface area contributed by atoms with Gasteiger partial charge in [-0.2, -0.15) is 0 Å². The average molecular weight is 227 g/mol. The SMILES string of the molecule is NCC1(O)CCS(=O)(=O)c2ccccc21. The summed E-state index contributed by atoms with van der Waals surface area (Å²) in [6, 6.07) is 6.50. The monoisotopic (exact) mass is 227 g/mol. The standard InChI is InChI=1S/C10H13NO3S/c11-7-10(12)5-6-15(13,14)9-4-2-1-3-8(9)10/h1-4,12H,5-7,11H2. The molecule has 5 heteroatoms. The molecule has 0 aliphatic carbocycles. The molecule has 15 heavy (non-hydrogen) atoms. The molecule has 1 aromatic carbocycles. The molecule has 0 amide bonds. The highest BCUT2D eigenvalue weighted by Gasteiger charge is 2.39. The molecule has 0 saturated carbocycles. The minimum Gasteiger partial charge on any atom is -0.384 e. The van der Waals surface area contributed by atoms with Gasteiger partial charge in [0.1, 0.15) is 5.60 Å². The lowest BCUT2D eigenvalue weighted by atomic mass is 9.91. The molecule has 1 heterocycles. The Morgan fingerprint density at radius 3 is 2.73 bits per heavy atom. The summed E-state index contributed by atoms with van der Waals surface area (Å²) < 4.78 is 23.4. The van der Waals surface area contributed by atoms with Crippen LogP contribution in [-0.4, -0.2) is 25.8 Å². The van der Waals surface area contributed by atoms with Gasteiger partial charge in [0.05, 0.1) is 10.6 Å². The first-order valence-electron chi connectivity index (χ1n) is 4.74. The van der Waals surface area contributed by atoms with Crippen LogP contribution in [0.15, 0.2) is 29.2 Å². The topological polar surface area (TPSA) is 80.4 Å². The Labute approximate surface area is 88.6 Å². The van der Waals surface area contributed by atoms with Crippen molar-refractivity contribution in [1.29, 1.82) is 0 Å². The number of rotatable bonds is 1. The lowest BCUT2D eigenvalue weighted by Crippen LogP contribution is -2.41. The van der Waals surface area contributed by atoms with Gasteiger partial charge >= 0.3 is 0 Å². The molecular weight excluding hydrogens is 214 g/mol. The molecule has 1 aliphatic rings. The molecule has 0 saturated heterocycles. The van der Waals surface area contributed by atoms with Gasteiger partial charge in [-0.25, -0.2) is 8.42 Å². The van der Waals surface area contributed by atoms with E-state index in [1.54, 1.807) is 18.2 Å². The summed E-state index contributed by atoms with van der Waals surface area (Å²) in [5.41, 5.74) is 4.73. The van der Waals surface area contributed by atoms with Crippen molar-refractivity contribution in [3.8, 4) is 0 Å². The van der Waals surface area contributed by atoms with E-state index in [1.165, 1.54) is 6.07 Å². The summed E-state index contributed by atoms with van der Waals surface area (Å²) in [6.45, 7) is 0.0412. The largest absolute Gasteiger partial charge is 0.384 e. The van der Waals surface area contributed by atoms with Gasteiger partial charge in [0.25, 0.3) is 0 Å². The van der Waals surface area contributed by atoms with Crippen LogP contribution in [0, 0.1) is 0 Å². The number of hydrogen-bond donors (Lipinski definition) is 2. The van der Waals surface area contributed by atoms with E-state index in [0.717, 1.165) is 0 Å². The van der Waals surface area contributed by atoms with E-state index in [9.17, 15) is 13.5 Å². The zero-order valence-corrected chi connectivity index (χ0v) is 9.00. The Morgan fingerprint density at radius 1 is 1.40 bits per heavy atom. The number of sulfone groups is 1. The Balaban J connectivity index is 2.69. The van der Waals surface area contributed by atoms with E-state index in [4.69, 9.17) is 5.73 Å². The highest BCUT2D eigenvalue weighted by molar-refractivity contribution is 7.91. The fraction of sp³-hybridized carbons (Fsp3) is 0.400. The lowest BCUT2D eigenvalue weighted by molar-refractivity contribution is 0.0374. The molecule has 1 aromatic rings. The fourth-order valence-corrected chi connectivity index (χ4v) is 3.59. The van der Waals surface area contributed by atoms with Crippen LogP contribution < -0.4 is 5.73 Å². The fourth-order valence-electron chi connectivity index (χ4n) is 1.88. The van der Waals surface area contributed by atoms with E-state index < -0.39 is 15.4 Å². The third-order valence-corrected chi connectivity index (χ3v) is 4.61. The van der Waals surface area contributed by atoms with Crippen LogP contribution in [-0.2, 0) is 15.4 Å². The number of benzene rings is 1. The Bertz CT molecular complexity index is 483. The molecule has 1 atom stereocenters. The van der Waals surface area contributed by atoms with Gasteiger partial charge in [-0.05, 0) is 12.5 Å². The second kappa shape index (κ2) is 3.30. The van der Waals surface area contributed by atoms with E-state index >= 15 is 0 Å². The first-order valence-corrected chi connectivity index (χ1v) is 6.39. The van der Waals surface area contributed by atoms with Gasteiger partial charge in [0, 0.05) is 12.1 Å². The van der Waals surface area contributed by atoms with Crippen molar-refractivity contribution in [2.75, 3.05) is 12.3 Å². The molecular formula is C10H13NO3S. The zero-order chi connectivity index (χ0) is 11.1. The van der Waals surface area contributed by atoms with Crippen molar-refractivity contribution in [2.24, 2.45) is 5.73 Å². The van der Waals surface area contributed by atoms with Gasteiger partial charge in [0.15, 0.2) is 9.84 Å². The summed E-state index contributed by atoms with van der Waals surface area (Å²) >= 11 is 0. The molecule has 1 aliphatic heterocycles. The summed E-state index contributed by atoms with van der Waals surface area (Å²) in [4.78, 5) is 0.212. The first kappa shape index (κ1) is 10.6. The lowest BCUT2D eigenvalue weighted by Gasteiger charge is -2.32. The molecule has 0 fully saturated rings. The maximum atomic E-state index is 11.7. The van der Waals surface area contributed by atoms with Crippen molar-refractivity contribution >= 4 is 9.84 Å². The number of nitrogens with two attached hydrogens (primary N) is 1. The van der Waals surface area contributed by atoms with Crippen LogP contribution in [0.3, 0.4) is 0 Å². The van der Waals surface area contributed by atoms with Crippen LogP contribution in [0.25, 0.3) is 0 Å². The van der Waals surface area contributed by atoms with Crippen molar-refractivity contribution < 1.29 is 13.5 Å². The van der Waals surface area contributed by atoms with Gasteiger partial charge in [-0.1, -0.05) is 18.2 Å². The summed E-state index contributed by atoms with van der Waals surface area (Å²) in [5, 5.41) is 10.2. The number of fused-ring (bicyclic) bond motifs is 1. The molecule has 4 nitrogen and oxygen atoms in total.